The van der Waals surface area contributed by atoms with Gasteiger partial charge >= 0.3 is 0 Å². The summed E-state index contributed by atoms with van der Waals surface area (Å²) in [4.78, 5) is 10.8. The smallest absolute Gasteiger partial charge is 0.222 e. The van der Waals surface area contributed by atoms with Gasteiger partial charge in [0.1, 0.15) is 5.82 Å². The molecule has 0 unspecified atom stereocenters. The minimum atomic E-state index is 0.302. The summed E-state index contributed by atoms with van der Waals surface area (Å²) in [5, 5.41) is 1.28. The van der Waals surface area contributed by atoms with Crippen LogP contribution in [0.4, 0.5) is 11.8 Å². The van der Waals surface area contributed by atoms with Gasteiger partial charge in [-0.05, 0) is 43.2 Å². The molecule has 3 rings (SSSR count). The monoisotopic (exact) mass is 334 g/mol. The lowest BCUT2D eigenvalue weighted by Gasteiger charge is -2.30. The Morgan fingerprint density at radius 3 is 2.73 bits per heavy atom. The summed E-state index contributed by atoms with van der Waals surface area (Å²) in [5.74, 6) is 1.18. The Kier molecular flexibility index (Phi) is 3.98. The van der Waals surface area contributed by atoms with Gasteiger partial charge in [0.25, 0.3) is 0 Å². The zero-order chi connectivity index (χ0) is 15.9. The molecule has 0 bridgehead atoms. The molecule has 1 aromatic heterocycles. The Labute approximate surface area is 139 Å². The fourth-order valence-electron chi connectivity index (χ4n) is 2.67. The number of aromatic nitrogens is 2. The molecular weight excluding hydrogens is 319 g/mol. The topological polar surface area (TPSA) is 55.0 Å². The zero-order valence-corrected chi connectivity index (χ0v) is 13.9. The second kappa shape index (κ2) is 5.78. The predicted molar refractivity (Wildman–Crippen MR) is 93.4 cm³/mol. The Hall–Kier alpha value is -1.78. The highest BCUT2D eigenvalue weighted by molar-refractivity contribution is 6.35. The summed E-state index contributed by atoms with van der Waals surface area (Å²) < 4.78 is 0. The van der Waals surface area contributed by atoms with Crippen molar-refractivity contribution in [2.75, 3.05) is 23.7 Å². The third kappa shape index (κ3) is 2.64. The number of fused-ring (bicyclic) bond motifs is 1. The van der Waals surface area contributed by atoms with Gasteiger partial charge in [-0.1, -0.05) is 29.3 Å². The van der Waals surface area contributed by atoms with Crippen LogP contribution in [0, 0.1) is 6.92 Å². The first-order chi connectivity index (χ1) is 10.5. The van der Waals surface area contributed by atoms with E-state index in [9.17, 15) is 0 Å². The first-order valence-electron chi connectivity index (χ1n) is 7.04. The van der Waals surface area contributed by atoms with Gasteiger partial charge in [-0.3, -0.25) is 0 Å². The standard InChI is InChI=1S/C16H16Cl2N4/c1-3-22-8-10(12-5-4-11(17)7-14(12)18)6-13-9(2)20-16(19)21-15(13)22/h4-7H,3,8H2,1-2H3,(H2,19,20,21). The molecule has 22 heavy (non-hydrogen) atoms. The second-order valence-corrected chi connectivity index (χ2v) is 6.06. The van der Waals surface area contributed by atoms with Crippen molar-refractivity contribution in [1.29, 1.82) is 0 Å². The zero-order valence-electron chi connectivity index (χ0n) is 12.4. The summed E-state index contributed by atoms with van der Waals surface area (Å²) in [5.41, 5.74) is 9.73. The number of nitrogen functional groups attached to an aromatic ring is 1. The van der Waals surface area contributed by atoms with Crippen LogP contribution in [0.1, 0.15) is 23.7 Å². The number of nitrogens with zero attached hydrogens (tertiary/aromatic N) is 3. The van der Waals surface area contributed by atoms with E-state index in [-0.39, 0.29) is 0 Å². The molecular formula is C16H16Cl2N4. The number of nitrogens with two attached hydrogens (primary N) is 1. The van der Waals surface area contributed by atoms with Crippen molar-refractivity contribution in [1.82, 2.24) is 9.97 Å². The molecule has 6 heteroatoms. The van der Waals surface area contributed by atoms with E-state index in [0.29, 0.717) is 16.0 Å². The number of rotatable bonds is 2. The van der Waals surface area contributed by atoms with Crippen LogP contribution in [0.2, 0.25) is 10.0 Å². The molecule has 0 spiro atoms. The Morgan fingerprint density at radius 2 is 2.05 bits per heavy atom. The molecule has 2 N–H and O–H groups in total. The molecule has 2 aromatic rings. The summed E-state index contributed by atoms with van der Waals surface area (Å²) in [6.45, 7) is 5.57. The maximum Gasteiger partial charge on any atom is 0.222 e. The Morgan fingerprint density at radius 1 is 1.27 bits per heavy atom. The average molecular weight is 335 g/mol. The summed E-state index contributed by atoms with van der Waals surface area (Å²) in [7, 11) is 0. The first kappa shape index (κ1) is 15.1. The lowest BCUT2D eigenvalue weighted by atomic mass is 9.98. The highest BCUT2D eigenvalue weighted by Crippen LogP contribution is 2.36. The maximum atomic E-state index is 6.35. The van der Waals surface area contributed by atoms with Gasteiger partial charge in [0.15, 0.2) is 0 Å². The van der Waals surface area contributed by atoms with Crippen molar-refractivity contribution in [2.24, 2.45) is 0 Å². The lowest BCUT2D eigenvalue weighted by Crippen LogP contribution is -2.30. The van der Waals surface area contributed by atoms with E-state index in [1.165, 1.54) is 0 Å². The van der Waals surface area contributed by atoms with Crippen LogP contribution in [0.25, 0.3) is 11.6 Å². The quantitative estimate of drug-likeness (QED) is 0.899. The number of halogens is 2. The summed E-state index contributed by atoms with van der Waals surface area (Å²) >= 11 is 12.3. The van der Waals surface area contributed by atoms with Crippen LogP contribution in [0.15, 0.2) is 18.2 Å². The molecule has 1 aliphatic heterocycles. The molecule has 1 aromatic carbocycles. The number of hydrogen-bond acceptors (Lipinski definition) is 4. The van der Waals surface area contributed by atoms with Crippen LogP contribution >= 0.6 is 23.2 Å². The molecule has 0 radical (unpaired) electrons. The maximum absolute atomic E-state index is 6.35. The highest BCUT2D eigenvalue weighted by Gasteiger charge is 2.22. The van der Waals surface area contributed by atoms with Crippen molar-refractivity contribution in [3.8, 4) is 0 Å². The number of anilines is 2. The number of aryl methyl sites for hydroxylation is 1. The molecule has 4 nitrogen and oxygen atoms in total. The average Bonchev–Trinajstić information content (AvgIpc) is 2.46. The number of benzene rings is 1. The normalized spacial score (nSPS) is 13.8. The van der Waals surface area contributed by atoms with Crippen LogP contribution in [0.5, 0.6) is 0 Å². The molecule has 0 atom stereocenters. The molecule has 0 saturated heterocycles. The van der Waals surface area contributed by atoms with Gasteiger partial charge < -0.3 is 10.6 Å². The van der Waals surface area contributed by atoms with Crippen LogP contribution < -0.4 is 10.6 Å². The lowest BCUT2D eigenvalue weighted by molar-refractivity contribution is 0.872. The molecule has 114 valence electrons. The van der Waals surface area contributed by atoms with Crippen molar-refractivity contribution >= 4 is 46.6 Å². The molecule has 0 amide bonds. The van der Waals surface area contributed by atoms with Gasteiger partial charge in [-0.25, -0.2) is 4.98 Å². The summed E-state index contributed by atoms with van der Waals surface area (Å²) in [6, 6.07) is 5.56. The minimum Gasteiger partial charge on any atom is -0.368 e. The fourth-order valence-corrected chi connectivity index (χ4v) is 3.20. The van der Waals surface area contributed by atoms with E-state index in [1.54, 1.807) is 6.07 Å². The van der Waals surface area contributed by atoms with E-state index >= 15 is 0 Å². The first-order valence-corrected chi connectivity index (χ1v) is 7.80. The largest absolute Gasteiger partial charge is 0.368 e. The summed E-state index contributed by atoms with van der Waals surface area (Å²) in [6.07, 6.45) is 2.09. The SMILES string of the molecule is CCN1CC(c2ccc(Cl)cc2Cl)=Cc2c(C)nc(N)nc21. The second-order valence-electron chi connectivity index (χ2n) is 5.21. The molecule has 0 saturated carbocycles. The van der Waals surface area contributed by atoms with Crippen LogP contribution in [-0.2, 0) is 0 Å². The third-order valence-corrected chi connectivity index (χ3v) is 4.32. The van der Waals surface area contributed by atoms with Crippen LogP contribution in [0.3, 0.4) is 0 Å². The minimum absolute atomic E-state index is 0.302. The van der Waals surface area contributed by atoms with E-state index in [1.807, 2.05) is 19.1 Å². The van der Waals surface area contributed by atoms with Gasteiger partial charge in [-0.2, -0.15) is 4.98 Å². The van der Waals surface area contributed by atoms with E-state index in [2.05, 4.69) is 27.9 Å². The highest BCUT2D eigenvalue weighted by atomic mass is 35.5. The van der Waals surface area contributed by atoms with Crippen molar-refractivity contribution in [3.05, 3.63) is 45.1 Å². The molecule has 2 heterocycles. The van der Waals surface area contributed by atoms with Crippen LogP contribution in [-0.4, -0.2) is 23.1 Å². The fraction of sp³-hybridized carbons (Fsp3) is 0.250. The van der Waals surface area contributed by atoms with Gasteiger partial charge in [-0.15, -0.1) is 0 Å². The van der Waals surface area contributed by atoms with Gasteiger partial charge in [0.2, 0.25) is 5.95 Å². The molecule has 0 fully saturated rings. The van der Waals surface area contributed by atoms with E-state index in [4.69, 9.17) is 28.9 Å². The molecule has 0 aliphatic carbocycles. The Bertz CT molecular complexity index is 771. The predicted octanol–water partition coefficient (Wildman–Crippen LogP) is 4.05. The molecule has 1 aliphatic rings. The Balaban J connectivity index is 2.16. The number of likely N-dealkylation sites (N-methyl/N-ethyl adjacent to an activating group) is 1. The van der Waals surface area contributed by atoms with Crippen molar-refractivity contribution < 1.29 is 0 Å². The number of hydrogen-bond donors (Lipinski definition) is 1. The van der Waals surface area contributed by atoms with Crippen molar-refractivity contribution in [2.45, 2.75) is 13.8 Å². The van der Waals surface area contributed by atoms with E-state index < -0.39 is 0 Å². The van der Waals surface area contributed by atoms with Gasteiger partial charge in [0.05, 0.1) is 5.69 Å². The van der Waals surface area contributed by atoms with Crippen molar-refractivity contribution in [3.63, 3.8) is 0 Å². The van der Waals surface area contributed by atoms with E-state index in [0.717, 1.165) is 41.3 Å². The van der Waals surface area contributed by atoms with Gasteiger partial charge in [0, 0.05) is 28.7 Å². The third-order valence-electron chi connectivity index (χ3n) is 3.77.